The number of hydrogen-bond donors (Lipinski definition) is 1. The number of para-hydroxylation sites is 2. The van der Waals surface area contributed by atoms with Gasteiger partial charge in [-0.3, -0.25) is 0 Å². The summed E-state index contributed by atoms with van der Waals surface area (Å²) in [4.78, 5) is 11.2. The van der Waals surface area contributed by atoms with Crippen LogP contribution in [0.2, 0.25) is 0 Å². The Morgan fingerprint density at radius 3 is 3.14 bits per heavy atom. The molecule has 2 rings (SSSR count). The lowest BCUT2D eigenvalue weighted by atomic mass is 10.2. The summed E-state index contributed by atoms with van der Waals surface area (Å²) in [5.74, 6) is 0.334. The second-order valence-electron chi connectivity index (χ2n) is 3.01. The van der Waals surface area contributed by atoms with Crippen molar-refractivity contribution >= 4 is 11.7 Å². The van der Waals surface area contributed by atoms with Gasteiger partial charge >= 0.3 is 5.97 Å². The molecule has 0 saturated heterocycles. The molecule has 0 unspecified atom stereocenters. The lowest BCUT2D eigenvalue weighted by molar-refractivity contribution is -0.148. The van der Waals surface area contributed by atoms with E-state index >= 15 is 0 Å². The summed E-state index contributed by atoms with van der Waals surface area (Å²) in [6, 6.07) is 7.49. The fourth-order valence-corrected chi connectivity index (χ4v) is 1.38. The van der Waals surface area contributed by atoms with E-state index in [-0.39, 0.29) is 5.97 Å². The summed E-state index contributed by atoms with van der Waals surface area (Å²) in [5, 5.41) is 3.10. The average molecular weight is 193 g/mol. The van der Waals surface area contributed by atoms with Crippen molar-refractivity contribution in [3.05, 3.63) is 24.3 Å². The van der Waals surface area contributed by atoms with Crippen LogP contribution in [-0.2, 0) is 9.53 Å². The van der Waals surface area contributed by atoms with Crippen LogP contribution < -0.4 is 10.1 Å². The average Bonchev–Trinajstić information content (AvgIpc) is 2.27. The Kier molecular flexibility index (Phi) is 2.26. The predicted octanol–water partition coefficient (Wildman–Crippen LogP) is 1.03. The third-order valence-electron chi connectivity index (χ3n) is 2.10. The molecule has 0 saturated carbocycles. The summed E-state index contributed by atoms with van der Waals surface area (Å²) in [7, 11) is 1.35. The number of esters is 1. The van der Waals surface area contributed by atoms with Crippen molar-refractivity contribution in [2.45, 2.75) is 6.10 Å². The fraction of sp³-hybridized carbons (Fsp3) is 0.300. The van der Waals surface area contributed by atoms with Gasteiger partial charge in [-0.25, -0.2) is 4.79 Å². The van der Waals surface area contributed by atoms with Crippen LogP contribution in [0.3, 0.4) is 0 Å². The molecule has 0 spiro atoms. The first kappa shape index (κ1) is 8.87. The number of nitrogens with one attached hydrogen (secondary N) is 1. The molecule has 1 aromatic carbocycles. The first-order valence-electron chi connectivity index (χ1n) is 4.38. The van der Waals surface area contributed by atoms with Crippen LogP contribution in [0, 0.1) is 0 Å². The molecule has 1 aromatic rings. The van der Waals surface area contributed by atoms with E-state index < -0.39 is 6.10 Å². The summed E-state index contributed by atoms with van der Waals surface area (Å²) >= 11 is 0. The van der Waals surface area contributed by atoms with Crippen molar-refractivity contribution in [3.63, 3.8) is 0 Å². The number of rotatable bonds is 1. The van der Waals surface area contributed by atoms with Crippen LogP contribution in [0.1, 0.15) is 0 Å². The molecule has 1 aliphatic rings. The Bertz CT molecular complexity index is 351. The highest BCUT2D eigenvalue weighted by Crippen LogP contribution is 2.28. The smallest absolute Gasteiger partial charge is 0.348 e. The van der Waals surface area contributed by atoms with Gasteiger partial charge in [0.05, 0.1) is 19.3 Å². The molecule has 1 N–H and O–H groups in total. The maximum absolute atomic E-state index is 11.2. The van der Waals surface area contributed by atoms with Crippen molar-refractivity contribution < 1.29 is 14.3 Å². The number of hydrogen-bond acceptors (Lipinski definition) is 4. The maximum atomic E-state index is 11.2. The van der Waals surface area contributed by atoms with Crippen molar-refractivity contribution in [1.29, 1.82) is 0 Å². The van der Waals surface area contributed by atoms with Gasteiger partial charge < -0.3 is 14.8 Å². The number of ether oxygens (including phenoxy) is 2. The van der Waals surface area contributed by atoms with Gasteiger partial charge in [0.2, 0.25) is 6.10 Å². The standard InChI is InChI=1S/C10H11NO3/c1-13-10(12)9-6-11-7-4-2-3-5-8(7)14-9/h2-5,9,11H,6H2,1H3/t9-/m0/s1. The van der Waals surface area contributed by atoms with Crippen LogP contribution in [0.4, 0.5) is 5.69 Å². The first-order valence-corrected chi connectivity index (χ1v) is 4.38. The topological polar surface area (TPSA) is 47.6 Å². The highest BCUT2D eigenvalue weighted by molar-refractivity contribution is 5.77. The Hall–Kier alpha value is -1.71. The zero-order valence-corrected chi connectivity index (χ0v) is 7.82. The Balaban J connectivity index is 2.17. The number of benzene rings is 1. The van der Waals surface area contributed by atoms with Crippen molar-refractivity contribution in [1.82, 2.24) is 0 Å². The normalized spacial score (nSPS) is 18.8. The van der Waals surface area contributed by atoms with Gasteiger partial charge in [-0.1, -0.05) is 12.1 Å². The summed E-state index contributed by atoms with van der Waals surface area (Å²) in [6.07, 6.45) is -0.546. The summed E-state index contributed by atoms with van der Waals surface area (Å²) < 4.78 is 10.0. The van der Waals surface area contributed by atoms with Crippen LogP contribution in [0.15, 0.2) is 24.3 Å². The Morgan fingerprint density at radius 1 is 1.57 bits per heavy atom. The fourth-order valence-electron chi connectivity index (χ4n) is 1.38. The largest absolute Gasteiger partial charge is 0.475 e. The van der Waals surface area contributed by atoms with E-state index in [2.05, 4.69) is 10.1 Å². The molecule has 4 nitrogen and oxygen atoms in total. The molecular formula is C10H11NO3. The second kappa shape index (κ2) is 3.57. The lowest BCUT2D eigenvalue weighted by Crippen LogP contribution is -2.38. The van der Waals surface area contributed by atoms with E-state index in [1.54, 1.807) is 0 Å². The highest BCUT2D eigenvalue weighted by atomic mass is 16.6. The van der Waals surface area contributed by atoms with E-state index in [0.717, 1.165) is 5.69 Å². The lowest BCUT2D eigenvalue weighted by Gasteiger charge is -2.25. The number of carbonyl (C=O) groups is 1. The molecule has 4 heteroatoms. The number of anilines is 1. The Morgan fingerprint density at radius 2 is 2.36 bits per heavy atom. The molecule has 0 fully saturated rings. The molecule has 0 radical (unpaired) electrons. The van der Waals surface area contributed by atoms with Crippen LogP contribution >= 0.6 is 0 Å². The molecule has 1 aliphatic heterocycles. The number of methoxy groups -OCH3 is 1. The van der Waals surface area contributed by atoms with Crippen LogP contribution in [0.5, 0.6) is 5.75 Å². The third kappa shape index (κ3) is 1.51. The van der Waals surface area contributed by atoms with Gasteiger partial charge in [0.1, 0.15) is 5.75 Å². The van der Waals surface area contributed by atoms with Crippen molar-refractivity contribution in [2.75, 3.05) is 19.0 Å². The summed E-state index contributed by atoms with van der Waals surface area (Å²) in [6.45, 7) is 0.448. The van der Waals surface area contributed by atoms with Gasteiger partial charge in [0, 0.05) is 0 Å². The minimum absolute atomic E-state index is 0.355. The van der Waals surface area contributed by atoms with Crippen molar-refractivity contribution in [2.24, 2.45) is 0 Å². The van der Waals surface area contributed by atoms with Crippen LogP contribution in [-0.4, -0.2) is 25.7 Å². The molecule has 0 amide bonds. The number of carbonyl (C=O) groups excluding carboxylic acids is 1. The maximum Gasteiger partial charge on any atom is 0.348 e. The van der Waals surface area contributed by atoms with Crippen LogP contribution in [0.25, 0.3) is 0 Å². The van der Waals surface area contributed by atoms with E-state index in [1.165, 1.54) is 7.11 Å². The highest BCUT2D eigenvalue weighted by Gasteiger charge is 2.25. The molecule has 0 aliphatic carbocycles. The second-order valence-corrected chi connectivity index (χ2v) is 3.01. The van der Waals surface area contributed by atoms with Gasteiger partial charge in [-0.05, 0) is 12.1 Å². The molecule has 74 valence electrons. The monoisotopic (exact) mass is 193 g/mol. The SMILES string of the molecule is COC(=O)[C@@H]1CNc2ccccc2O1. The molecule has 1 atom stereocenters. The molecule has 14 heavy (non-hydrogen) atoms. The third-order valence-corrected chi connectivity index (χ3v) is 2.10. The zero-order chi connectivity index (χ0) is 9.97. The van der Waals surface area contributed by atoms with E-state index in [9.17, 15) is 4.79 Å². The molecular weight excluding hydrogens is 182 g/mol. The van der Waals surface area contributed by atoms with Gasteiger partial charge in [-0.2, -0.15) is 0 Å². The van der Waals surface area contributed by atoms with Gasteiger partial charge in [0.25, 0.3) is 0 Å². The Labute approximate surface area is 81.8 Å². The van der Waals surface area contributed by atoms with Crippen molar-refractivity contribution in [3.8, 4) is 5.75 Å². The predicted molar refractivity (Wildman–Crippen MR) is 51.4 cm³/mol. The van der Waals surface area contributed by atoms with E-state index in [1.807, 2.05) is 24.3 Å². The van der Waals surface area contributed by atoms with Gasteiger partial charge in [-0.15, -0.1) is 0 Å². The minimum Gasteiger partial charge on any atom is -0.475 e. The molecule has 0 aromatic heterocycles. The quantitative estimate of drug-likeness (QED) is 0.677. The first-order chi connectivity index (χ1) is 6.81. The minimum atomic E-state index is -0.546. The van der Waals surface area contributed by atoms with E-state index in [0.29, 0.717) is 12.3 Å². The summed E-state index contributed by atoms with van der Waals surface area (Å²) in [5.41, 5.74) is 0.910. The van der Waals surface area contributed by atoms with E-state index in [4.69, 9.17) is 4.74 Å². The number of fused-ring (bicyclic) bond motifs is 1. The van der Waals surface area contributed by atoms with Gasteiger partial charge in [0.15, 0.2) is 0 Å². The zero-order valence-electron chi connectivity index (χ0n) is 7.82. The molecule has 1 heterocycles. The molecule has 0 bridgehead atoms.